The Balaban J connectivity index is 1.71. The minimum atomic E-state index is 0.124. The van der Waals surface area contributed by atoms with Crippen LogP contribution in [0.15, 0.2) is 12.1 Å². The van der Waals surface area contributed by atoms with Gasteiger partial charge in [-0.15, -0.1) is 0 Å². The molecule has 1 aromatic carbocycles. The zero-order valence-electron chi connectivity index (χ0n) is 11.3. The Morgan fingerprint density at radius 1 is 1.53 bits per heavy atom. The number of benzene rings is 1. The molecule has 2 N–H and O–H groups in total. The Labute approximate surface area is 113 Å². The van der Waals surface area contributed by atoms with Crippen LogP contribution in [0.2, 0.25) is 0 Å². The molecule has 0 aromatic heterocycles. The first-order chi connectivity index (χ1) is 9.29. The van der Waals surface area contributed by atoms with Crippen molar-refractivity contribution < 1.29 is 9.53 Å². The third-order valence-electron chi connectivity index (χ3n) is 3.99. The SMILES string of the molecule is CCC(=O)NCCC1COc2ccc3c(c21)CCN3. The zero-order valence-corrected chi connectivity index (χ0v) is 11.3. The predicted octanol–water partition coefficient (Wildman–Crippen LogP) is 2.05. The van der Waals surface area contributed by atoms with Gasteiger partial charge in [0.05, 0.1) is 6.61 Å². The standard InChI is InChI=1S/C15H20N2O2/c1-2-14(18)17-7-5-10-9-19-13-4-3-12-11(15(10)13)6-8-16-12/h3-4,10,16H,2,5-9H2,1H3,(H,17,18). The Morgan fingerprint density at radius 3 is 3.26 bits per heavy atom. The van der Waals surface area contributed by atoms with E-state index in [1.165, 1.54) is 16.8 Å². The van der Waals surface area contributed by atoms with Gasteiger partial charge in [-0.05, 0) is 30.5 Å². The maximum atomic E-state index is 11.3. The molecule has 102 valence electrons. The molecule has 0 radical (unpaired) electrons. The summed E-state index contributed by atoms with van der Waals surface area (Å²) in [6.45, 7) is 4.37. The normalized spacial score (nSPS) is 19.3. The van der Waals surface area contributed by atoms with Gasteiger partial charge >= 0.3 is 0 Å². The van der Waals surface area contributed by atoms with Crippen molar-refractivity contribution in [2.75, 3.05) is 25.0 Å². The summed E-state index contributed by atoms with van der Waals surface area (Å²) < 4.78 is 5.78. The molecule has 2 aliphatic rings. The molecule has 4 nitrogen and oxygen atoms in total. The number of hydrogen-bond donors (Lipinski definition) is 2. The van der Waals surface area contributed by atoms with Crippen molar-refractivity contribution in [1.29, 1.82) is 0 Å². The molecular formula is C15H20N2O2. The van der Waals surface area contributed by atoms with E-state index in [0.717, 1.165) is 38.3 Å². The summed E-state index contributed by atoms with van der Waals surface area (Å²) in [6.07, 6.45) is 2.59. The molecule has 19 heavy (non-hydrogen) atoms. The van der Waals surface area contributed by atoms with Gasteiger partial charge < -0.3 is 15.4 Å². The van der Waals surface area contributed by atoms with Gasteiger partial charge in [0.1, 0.15) is 5.75 Å². The van der Waals surface area contributed by atoms with E-state index >= 15 is 0 Å². The molecule has 0 spiro atoms. The van der Waals surface area contributed by atoms with Crippen LogP contribution in [0.5, 0.6) is 5.75 Å². The molecule has 0 saturated carbocycles. The maximum Gasteiger partial charge on any atom is 0.219 e. The van der Waals surface area contributed by atoms with E-state index in [1.54, 1.807) is 0 Å². The third-order valence-corrected chi connectivity index (χ3v) is 3.99. The van der Waals surface area contributed by atoms with Crippen molar-refractivity contribution >= 4 is 11.6 Å². The molecule has 1 atom stereocenters. The Bertz CT molecular complexity index is 499. The predicted molar refractivity (Wildman–Crippen MR) is 74.8 cm³/mol. The molecule has 1 aromatic rings. The first-order valence-electron chi connectivity index (χ1n) is 7.08. The molecule has 1 amide bonds. The van der Waals surface area contributed by atoms with Crippen LogP contribution in [-0.4, -0.2) is 25.6 Å². The van der Waals surface area contributed by atoms with Gasteiger partial charge in [-0.2, -0.15) is 0 Å². The van der Waals surface area contributed by atoms with Crippen molar-refractivity contribution in [1.82, 2.24) is 5.32 Å². The minimum Gasteiger partial charge on any atom is -0.493 e. The van der Waals surface area contributed by atoms with Gasteiger partial charge in [0.25, 0.3) is 0 Å². The van der Waals surface area contributed by atoms with E-state index in [2.05, 4.69) is 22.8 Å². The summed E-state index contributed by atoms with van der Waals surface area (Å²) in [5.41, 5.74) is 4.04. The Morgan fingerprint density at radius 2 is 2.42 bits per heavy atom. The highest BCUT2D eigenvalue weighted by Gasteiger charge is 2.29. The van der Waals surface area contributed by atoms with Crippen LogP contribution in [0.1, 0.15) is 36.8 Å². The van der Waals surface area contributed by atoms with Crippen LogP contribution in [0.25, 0.3) is 0 Å². The van der Waals surface area contributed by atoms with Gasteiger partial charge in [-0.25, -0.2) is 0 Å². The van der Waals surface area contributed by atoms with E-state index in [-0.39, 0.29) is 5.91 Å². The van der Waals surface area contributed by atoms with E-state index in [9.17, 15) is 4.79 Å². The largest absolute Gasteiger partial charge is 0.493 e. The number of rotatable bonds is 4. The van der Waals surface area contributed by atoms with Gasteiger partial charge in [0.15, 0.2) is 0 Å². The van der Waals surface area contributed by atoms with Gasteiger partial charge in [-0.3, -0.25) is 4.79 Å². The molecule has 1 unspecified atom stereocenters. The fraction of sp³-hybridized carbons (Fsp3) is 0.533. The summed E-state index contributed by atoms with van der Waals surface area (Å²) in [5.74, 6) is 1.58. The molecule has 2 aliphatic heterocycles. The molecule has 0 fully saturated rings. The van der Waals surface area contributed by atoms with E-state index in [0.29, 0.717) is 12.3 Å². The third kappa shape index (κ3) is 2.27. The smallest absolute Gasteiger partial charge is 0.219 e. The van der Waals surface area contributed by atoms with Crippen molar-refractivity contribution in [2.45, 2.75) is 32.1 Å². The lowest BCUT2D eigenvalue weighted by molar-refractivity contribution is -0.120. The lowest BCUT2D eigenvalue weighted by Gasteiger charge is -2.12. The van der Waals surface area contributed by atoms with Crippen LogP contribution >= 0.6 is 0 Å². The second-order valence-electron chi connectivity index (χ2n) is 5.18. The topological polar surface area (TPSA) is 50.4 Å². The quantitative estimate of drug-likeness (QED) is 0.871. The van der Waals surface area contributed by atoms with Crippen LogP contribution in [0.4, 0.5) is 5.69 Å². The molecule has 2 heterocycles. The summed E-state index contributed by atoms with van der Waals surface area (Å²) in [7, 11) is 0. The number of amides is 1. The van der Waals surface area contributed by atoms with Crippen molar-refractivity contribution in [3.05, 3.63) is 23.3 Å². The van der Waals surface area contributed by atoms with Gasteiger partial charge in [0, 0.05) is 36.7 Å². The summed E-state index contributed by atoms with van der Waals surface area (Å²) in [5, 5.41) is 6.36. The van der Waals surface area contributed by atoms with Crippen molar-refractivity contribution in [3.63, 3.8) is 0 Å². The molecule has 0 aliphatic carbocycles. The maximum absolute atomic E-state index is 11.3. The average Bonchev–Trinajstić information content (AvgIpc) is 3.03. The van der Waals surface area contributed by atoms with Crippen LogP contribution in [-0.2, 0) is 11.2 Å². The second-order valence-corrected chi connectivity index (χ2v) is 5.18. The molecule has 0 saturated heterocycles. The number of fused-ring (bicyclic) bond motifs is 3. The highest BCUT2D eigenvalue weighted by molar-refractivity contribution is 5.75. The lowest BCUT2D eigenvalue weighted by atomic mass is 9.92. The van der Waals surface area contributed by atoms with Crippen LogP contribution in [0, 0.1) is 0 Å². The lowest BCUT2D eigenvalue weighted by Crippen LogP contribution is -2.24. The van der Waals surface area contributed by atoms with Gasteiger partial charge in [0.2, 0.25) is 5.91 Å². The van der Waals surface area contributed by atoms with Crippen LogP contribution < -0.4 is 15.4 Å². The Hall–Kier alpha value is -1.71. The molecule has 4 heteroatoms. The summed E-state index contributed by atoms with van der Waals surface area (Å²) in [6, 6.07) is 4.18. The van der Waals surface area contributed by atoms with Crippen molar-refractivity contribution in [2.24, 2.45) is 0 Å². The Kier molecular flexibility index (Phi) is 3.32. The number of ether oxygens (including phenoxy) is 1. The fourth-order valence-corrected chi connectivity index (χ4v) is 2.99. The van der Waals surface area contributed by atoms with E-state index in [1.807, 2.05) is 6.92 Å². The molecule has 0 bridgehead atoms. The molecule has 3 rings (SSSR count). The zero-order chi connectivity index (χ0) is 13.2. The number of hydrogen-bond acceptors (Lipinski definition) is 3. The minimum absolute atomic E-state index is 0.124. The first kappa shape index (κ1) is 12.3. The monoisotopic (exact) mass is 260 g/mol. The number of carbonyl (C=O) groups excluding carboxylic acids is 1. The number of anilines is 1. The van der Waals surface area contributed by atoms with Crippen molar-refractivity contribution in [3.8, 4) is 5.75 Å². The summed E-state index contributed by atoms with van der Waals surface area (Å²) in [4.78, 5) is 11.3. The summed E-state index contributed by atoms with van der Waals surface area (Å²) >= 11 is 0. The average molecular weight is 260 g/mol. The number of carbonyl (C=O) groups is 1. The highest BCUT2D eigenvalue weighted by atomic mass is 16.5. The first-order valence-corrected chi connectivity index (χ1v) is 7.08. The van der Waals surface area contributed by atoms with Crippen LogP contribution in [0.3, 0.4) is 0 Å². The number of nitrogens with one attached hydrogen (secondary N) is 2. The highest BCUT2D eigenvalue weighted by Crippen LogP contribution is 2.42. The molecular weight excluding hydrogens is 240 g/mol. The van der Waals surface area contributed by atoms with E-state index < -0.39 is 0 Å². The van der Waals surface area contributed by atoms with E-state index in [4.69, 9.17) is 4.74 Å². The van der Waals surface area contributed by atoms with Gasteiger partial charge in [-0.1, -0.05) is 6.92 Å². The second kappa shape index (κ2) is 5.11. The fourth-order valence-electron chi connectivity index (χ4n) is 2.99.